The van der Waals surface area contributed by atoms with Crippen molar-refractivity contribution in [2.45, 2.75) is 77.1 Å². The van der Waals surface area contributed by atoms with Gasteiger partial charge in [-0.15, -0.1) is 0 Å². The van der Waals surface area contributed by atoms with Crippen LogP contribution in [0, 0.1) is 12.3 Å². The lowest BCUT2D eigenvalue weighted by atomic mass is 9.45. The Hall–Kier alpha value is -1.85. The number of hydrogen-bond donors (Lipinski definition) is 2. The summed E-state index contributed by atoms with van der Waals surface area (Å²) in [6.07, 6.45) is 1.84. The Bertz CT molecular complexity index is 926. The van der Waals surface area contributed by atoms with Gasteiger partial charge in [-0.05, 0) is 60.9 Å². The van der Waals surface area contributed by atoms with Crippen LogP contribution >= 0.6 is 0 Å². The molecular weight excluding hydrogens is 344 g/mol. The van der Waals surface area contributed by atoms with Crippen molar-refractivity contribution in [3.63, 3.8) is 0 Å². The molecule has 0 amide bonds. The smallest absolute Gasteiger partial charge is 0.302 e. The second-order valence-electron chi connectivity index (χ2n) is 9.07. The highest BCUT2D eigenvalue weighted by molar-refractivity contribution is 5.84. The number of fused-ring (bicyclic) bond motifs is 4. The van der Waals surface area contributed by atoms with Crippen LogP contribution in [0.2, 0.25) is 0 Å². The van der Waals surface area contributed by atoms with E-state index in [9.17, 15) is 15.0 Å². The van der Waals surface area contributed by atoms with E-state index in [0.717, 1.165) is 27.7 Å². The fourth-order valence-corrected chi connectivity index (χ4v) is 5.87. The maximum absolute atomic E-state index is 12.0. The van der Waals surface area contributed by atoms with Crippen molar-refractivity contribution in [2.24, 2.45) is 5.41 Å². The monoisotopic (exact) mass is 372 g/mol. The van der Waals surface area contributed by atoms with Crippen LogP contribution < -0.4 is 0 Å². The van der Waals surface area contributed by atoms with Crippen molar-refractivity contribution in [2.75, 3.05) is 0 Å². The average Bonchev–Trinajstić information content (AvgIpc) is 3.05. The van der Waals surface area contributed by atoms with E-state index in [4.69, 9.17) is 9.15 Å². The Balaban J connectivity index is 2.05. The third kappa shape index (κ3) is 2.15. The molecule has 2 N–H and O–H groups in total. The zero-order chi connectivity index (χ0) is 19.8. The molecule has 1 aromatic heterocycles. The third-order valence-corrected chi connectivity index (χ3v) is 7.40. The molecule has 1 aromatic carbocycles. The van der Waals surface area contributed by atoms with Crippen LogP contribution in [-0.2, 0) is 21.4 Å². The molecule has 0 saturated heterocycles. The molecule has 1 saturated carbocycles. The summed E-state index contributed by atoms with van der Waals surface area (Å²) in [5.41, 5.74) is 0.797. The molecule has 2 aliphatic rings. The molecule has 0 aliphatic heterocycles. The maximum atomic E-state index is 12.0. The lowest BCUT2D eigenvalue weighted by molar-refractivity contribution is -0.247. The first-order chi connectivity index (χ1) is 12.5. The number of carbonyl (C=O) groups excluding carboxylic acids is 1. The Morgan fingerprint density at radius 1 is 1.33 bits per heavy atom. The standard InChI is InChI=1S/C22H28O5/c1-12-14-7-9-26-17(14)11-16-15(12)10-18(24)22(25)20(3,4)8-6-19(21(16,22)5)27-13(2)23/h7,9,11,18-19,24-25H,6,8,10H2,1-5H3/t18-,19-,21-,22+/m0/s1. The van der Waals surface area contributed by atoms with Gasteiger partial charge in [-0.3, -0.25) is 4.79 Å². The van der Waals surface area contributed by atoms with Gasteiger partial charge in [-0.1, -0.05) is 13.8 Å². The lowest BCUT2D eigenvalue weighted by Crippen LogP contribution is -2.74. The second-order valence-corrected chi connectivity index (χ2v) is 9.07. The summed E-state index contributed by atoms with van der Waals surface area (Å²) in [6.45, 7) is 9.32. The Morgan fingerprint density at radius 3 is 2.70 bits per heavy atom. The van der Waals surface area contributed by atoms with Crippen LogP contribution in [0.25, 0.3) is 11.0 Å². The minimum Gasteiger partial charge on any atom is -0.464 e. The summed E-state index contributed by atoms with van der Waals surface area (Å²) < 4.78 is 11.4. The van der Waals surface area contributed by atoms with Crippen LogP contribution in [0.5, 0.6) is 0 Å². The van der Waals surface area contributed by atoms with Gasteiger partial charge < -0.3 is 19.4 Å². The van der Waals surface area contributed by atoms with Crippen LogP contribution in [0.3, 0.4) is 0 Å². The van der Waals surface area contributed by atoms with Crippen molar-refractivity contribution in [3.05, 3.63) is 35.1 Å². The van der Waals surface area contributed by atoms with Crippen LogP contribution in [0.1, 0.15) is 57.2 Å². The molecule has 0 radical (unpaired) electrons. The van der Waals surface area contributed by atoms with E-state index in [2.05, 4.69) is 0 Å². The molecule has 27 heavy (non-hydrogen) atoms. The van der Waals surface area contributed by atoms with E-state index in [1.54, 1.807) is 6.26 Å². The summed E-state index contributed by atoms with van der Waals surface area (Å²) in [7, 11) is 0. The number of carbonyl (C=O) groups is 1. The van der Waals surface area contributed by atoms with Gasteiger partial charge in [0, 0.05) is 18.7 Å². The van der Waals surface area contributed by atoms with Gasteiger partial charge in [0.15, 0.2) is 0 Å². The average molecular weight is 372 g/mol. The molecule has 146 valence electrons. The number of aryl methyl sites for hydroxylation is 1. The van der Waals surface area contributed by atoms with Crippen LogP contribution in [0.4, 0.5) is 0 Å². The molecule has 2 aliphatic carbocycles. The zero-order valence-electron chi connectivity index (χ0n) is 16.6. The predicted molar refractivity (Wildman–Crippen MR) is 102 cm³/mol. The largest absolute Gasteiger partial charge is 0.464 e. The zero-order valence-corrected chi connectivity index (χ0v) is 16.6. The first kappa shape index (κ1) is 18.5. The summed E-state index contributed by atoms with van der Waals surface area (Å²) in [4.78, 5) is 11.8. The van der Waals surface area contributed by atoms with E-state index < -0.39 is 28.6 Å². The molecule has 5 heteroatoms. The summed E-state index contributed by atoms with van der Waals surface area (Å²) in [6, 6.07) is 3.89. The van der Waals surface area contributed by atoms with Crippen molar-refractivity contribution in [1.82, 2.24) is 0 Å². The maximum Gasteiger partial charge on any atom is 0.302 e. The summed E-state index contributed by atoms with van der Waals surface area (Å²) in [5, 5.41) is 24.2. The van der Waals surface area contributed by atoms with Gasteiger partial charge in [0.05, 0.1) is 17.8 Å². The van der Waals surface area contributed by atoms with E-state index >= 15 is 0 Å². The highest BCUT2D eigenvalue weighted by atomic mass is 16.5. The number of benzene rings is 1. The molecular formula is C22H28O5. The first-order valence-electron chi connectivity index (χ1n) is 9.62. The molecule has 0 spiro atoms. The molecule has 5 nitrogen and oxygen atoms in total. The number of furan rings is 1. The molecule has 4 rings (SSSR count). The van der Waals surface area contributed by atoms with E-state index in [-0.39, 0.29) is 5.97 Å². The number of esters is 1. The fraction of sp³-hybridized carbons (Fsp3) is 0.591. The van der Waals surface area contributed by atoms with Gasteiger partial charge in [-0.2, -0.15) is 0 Å². The van der Waals surface area contributed by atoms with Crippen molar-refractivity contribution in [1.29, 1.82) is 0 Å². The number of rotatable bonds is 1. The van der Waals surface area contributed by atoms with Gasteiger partial charge in [0.2, 0.25) is 0 Å². The highest BCUT2D eigenvalue weighted by Crippen LogP contribution is 2.61. The fourth-order valence-electron chi connectivity index (χ4n) is 5.87. The summed E-state index contributed by atoms with van der Waals surface area (Å²) >= 11 is 0. The van der Waals surface area contributed by atoms with E-state index in [1.807, 2.05) is 39.8 Å². The van der Waals surface area contributed by atoms with Crippen molar-refractivity contribution in [3.8, 4) is 0 Å². The SMILES string of the molecule is CC(=O)O[C@H]1CCC(C)(C)[C@]2(O)[C@@H](O)Cc3c(cc4occc4c3C)[C@@]12C. The molecule has 0 unspecified atom stereocenters. The molecule has 4 atom stereocenters. The second kappa shape index (κ2) is 5.58. The highest BCUT2D eigenvalue weighted by Gasteiger charge is 2.69. The molecule has 0 bridgehead atoms. The summed E-state index contributed by atoms with van der Waals surface area (Å²) in [5.74, 6) is -0.374. The van der Waals surface area contributed by atoms with E-state index in [0.29, 0.717) is 19.3 Å². The Kier molecular flexibility index (Phi) is 3.83. The quantitative estimate of drug-likeness (QED) is 0.750. The first-order valence-corrected chi connectivity index (χ1v) is 9.62. The number of hydrogen-bond acceptors (Lipinski definition) is 5. The van der Waals surface area contributed by atoms with Gasteiger partial charge in [0.25, 0.3) is 0 Å². The van der Waals surface area contributed by atoms with Gasteiger partial charge in [0.1, 0.15) is 17.3 Å². The lowest BCUT2D eigenvalue weighted by Gasteiger charge is -2.64. The number of aliphatic hydroxyl groups excluding tert-OH is 1. The Labute approximate surface area is 159 Å². The predicted octanol–water partition coefficient (Wildman–Crippen LogP) is 3.40. The van der Waals surface area contributed by atoms with Crippen LogP contribution in [0.15, 0.2) is 22.8 Å². The Morgan fingerprint density at radius 2 is 2.04 bits per heavy atom. The van der Waals surface area contributed by atoms with Crippen molar-refractivity contribution >= 4 is 16.9 Å². The van der Waals surface area contributed by atoms with Gasteiger partial charge >= 0.3 is 5.97 Å². The molecule has 2 aromatic rings. The van der Waals surface area contributed by atoms with E-state index in [1.165, 1.54) is 6.92 Å². The topological polar surface area (TPSA) is 79.9 Å². The molecule has 1 fully saturated rings. The van der Waals surface area contributed by atoms with Crippen molar-refractivity contribution < 1.29 is 24.2 Å². The molecule has 1 heterocycles. The minimum absolute atomic E-state index is 0.366. The third-order valence-electron chi connectivity index (χ3n) is 7.40. The number of aliphatic hydroxyl groups is 2. The van der Waals surface area contributed by atoms with Gasteiger partial charge in [-0.25, -0.2) is 0 Å². The minimum atomic E-state index is -1.43. The normalized spacial score (nSPS) is 34.8. The number of ether oxygens (including phenoxy) is 1. The van der Waals surface area contributed by atoms with Crippen LogP contribution in [-0.4, -0.2) is 34.0 Å².